The highest BCUT2D eigenvalue weighted by atomic mass is 19.1. The monoisotopic (exact) mass is 322 g/mol. The third-order valence-electron chi connectivity index (χ3n) is 4.57. The number of hydrogen-bond acceptors (Lipinski definition) is 3. The summed E-state index contributed by atoms with van der Waals surface area (Å²) in [5.74, 6) is 0.772. The van der Waals surface area contributed by atoms with Crippen LogP contribution in [0.1, 0.15) is 32.6 Å². The first-order chi connectivity index (χ1) is 11.0. The maximum atomic E-state index is 13.4. The number of carbonyl (C=O) groups excluding carboxylic acids is 1. The Morgan fingerprint density at radius 2 is 2.13 bits per heavy atom. The highest BCUT2D eigenvalue weighted by Gasteiger charge is 2.42. The third-order valence-corrected chi connectivity index (χ3v) is 4.57. The number of aliphatic hydroxyl groups excluding tert-OH is 1. The van der Waals surface area contributed by atoms with Crippen LogP contribution in [0.2, 0.25) is 0 Å². The van der Waals surface area contributed by atoms with Crippen molar-refractivity contribution in [3.05, 3.63) is 24.0 Å². The summed E-state index contributed by atoms with van der Waals surface area (Å²) >= 11 is 0. The van der Waals surface area contributed by atoms with Gasteiger partial charge in [0.15, 0.2) is 0 Å². The molecule has 1 atom stereocenters. The molecule has 0 aliphatic heterocycles. The van der Waals surface area contributed by atoms with E-state index in [9.17, 15) is 14.3 Å². The number of rotatable bonds is 7. The van der Waals surface area contributed by atoms with Gasteiger partial charge in [-0.15, -0.1) is 0 Å². The van der Waals surface area contributed by atoms with Gasteiger partial charge < -0.3 is 20.5 Å². The number of nitrogens with one attached hydrogen (secondary N) is 2. The predicted octanol–water partition coefficient (Wildman–Crippen LogP) is 2.90. The fraction of sp³-hybridized carbons (Fsp3) is 0.588. The van der Waals surface area contributed by atoms with E-state index in [2.05, 4.69) is 10.6 Å². The number of anilines is 1. The topological polar surface area (TPSA) is 70.6 Å². The summed E-state index contributed by atoms with van der Waals surface area (Å²) in [4.78, 5) is 12.2. The highest BCUT2D eigenvalue weighted by molar-refractivity contribution is 5.91. The lowest BCUT2D eigenvalue weighted by molar-refractivity contribution is 0.159. The van der Waals surface area contributed by atoms with Crippen LogP contribution in [0.5, 0.6) is 5.75 Å². The summed E-state index contributed by atoms with van der Waals surface area (Å²) in [5.41, 5.74) is -0.195. The Bertz CT molecular complexity index is 587. The number of halogens is 1. The Balaban J connectivity index is 1.64. The minimum atomic E-state index is -0.626. The molecule has 0 radical (unpaired) electrons. The molecule has 2 saturated carbocycles. The molecule has 6 heteroatoms. The summed E-state index contributed by atoms with van der Waals surface area (Å²) in [6.07, 6.45) is 4.27. The molecule has 3 rings (SSSR count). The van der Waals surface area contributed by atoms with Gasteiger partial charge in [0.1, 0.15) is 11.6 Å². The van der Waals surface area contributed by atoms with E-state index in [4.69, 9.17) is 4.74 Å². The number of urea groups is 1. The summed E-state index contributed by atoms with van der Waals surface area (Å²) < 4.78 is 19.1. The standard InChI is InChI=1S/C17H23FN2O3/c1-17(10-21,12-4-5-12)20-16(22)19-14-7-6-13(18)8-15(14)23-9-11-2-3-11/h6-8,11-12,21H,2-5,9-10H2,1H3,(H2,19,20,22). The van der Waals surface area contributed by atoms with Crippen LogP contribution in [0.3, 0.4) is 0 Å². The van der Waals surface area contributed by atoms with Gasteiger partial charge in [-0.1, -0.05) is 0 Å². The van der Waals surface area contributed by atoms with Gasteiger partial charge in [-0.2, -0.15) is 0 Å². The smallest absolute Gasteiger partial charge is 0.319 e. The fourth-order valence-electron chi connectivity index (χ4n) is 2.62. The minimum absolute atomic E-state index is 0.112. The van der Waals surface area contributed by atoms with Gasteiger partial charge in [-0.05, 0) is 56.6 Å². The molecule has 2 aliphatic rings. The second kappa shape index (κ2) is 6.35. The fourth-order valence-corrected chi connectivity index (χ4v) is 2.62. The van der Waals surface area contributed by atoms with E-state index < -0.39 is 17.4 Å². The van der Waals surface area contributed by atoms with Crippen molar-refractivity contribution in [2.75, 3.05) is 18.5 Å². The van der Waals surface area contributed by atoms with Crippen LogP contribution in [-0.2, 0) is 0 Å². The molecule has 126 valence electrons. The van der Waals surface area contributed by atoms with Crippen LogP contribution in [0.15, 0.2) is 18.2 Å². The molecule has 0 bridgehead atoms. The van der Waals surface area contributed by atoms with E-state index in [1.807, 2.05) is 6.92 Å². The van der Waals surface area contributed by atoms with Gasteiger partial charge in [0, 0.05) is 6.07 Å². The maximum Gasteiger partial charge on any atom is 0.319 e. The van der Waals surface area contributed by atoms with Crippen LogP contribution < -0.4 is 15.4 Å². The molecule has 0 aromatic heterocycles. The second-order valence-electron chi connectivity index (χ2n) is 6.82. The van der Waals surface area contributed by atoms with Crippen molar-refractivity contribution >= 4 is 11.7 Å². The first-order valence-electron chi connectivity index (χ1n) is 8.12. The number of hydrogen-bond donors (Lipinski definition) is 3. The van der Waals surface area contributed by atoms with E-state index in [0.29, 0.717) is 29.9 Å². The molecular weight excluding hydrogens is 299 g/mol. The lowest BCUT2D eigenvalue weighted by Crippen LogP contribution is -2.52. The van der Waals surface area contributed by atoms with Crippen LogP contribution >= 0.6 is 0 Å². The van der Waals surface area contributed by atoms with E-state index in [0.717, 1.165) is 25.7 Å². The van der Waals surface area contributed by atoms with Crippen LogP contribution in [-0.4, -0.2) is 29.9 Å². The van der Waals surface area contributed by atoms with E-state index >= 15 is 0 Å². The average Bonchev–Trinajstić information content (AvgIpc) is 3.39. The second-order valence-corrected chi connectivity index (χ2v) is 6.82. The molecule has 2 aliphatic carbocycles. The Kier molecular flexibility index (Phi) is 4.43. The van der Waals surface area contributed by atoms with E-state index in [1.54, 1.807) is 0 Å². The molecule has 0 saturated heterocycles. The number of aliphatic hydroxyl groups is 1. The molecule has 0 heterocycles. The zero-order chi connectivity index (χ0) is 16.4. The van der Waals surface area contributed by atoms with Gasteiger partial charge in [-0.3, -0.25) is 0 Å². The molecule has 1 unspecified atom stereocenters. The number of carbonyl (C=O) groups is 1. The van der Waals surface area contributed by atoms with Gasteiger partial charge >= 0.3 is 6.03 Å². The largest absolute Gasteiger partial charge is 0.491 e. The normalized spacial score (nSPS) is 19.8. The minimum Gasteiger partial charge on any atom is -0.491 e. The Morgan fingerprint density at radius 1 is 1.39 bits per heavy atom. The van der Waals surface area contributed by atoms with Gasteiger partial charge in [-0.25, -0.2) is 9.18 Å². The lowest BCUT2D eigenvalue weighted by Gasteiger charge is -2.29. The molecule has 1 aromatic rings. The van der Waals surface area contributed by atoms with Crippen LogP contribution in [0, 0.1) is 17.7 Å². The van der Waals surface area contributed by atoms with E-state index in [1.165, 1.54) is 18.2 Å². The zero-order valence-electron chi connectivity index (χ0n) is 13.3. The zero-order valence-corrected chi connectivity index (χ0v) is 13.3. The molecular formula is C17H23FN2O3. The van der Waals surface area contributed by atoms with Crippen molar-refractivity contribution in [3.8, 4) is 5.75 Å². The van der Waals surface area contributed by atoms with Crippen LogP contribution in [0.25, 0.3) is 0 Å². The molecule has 0 spiro atoms. The maximum absolute atomic E-state index is 13.4. The third kappa shape index (κ3) is 4.13. The SMILES string of the molecule is CC(CO)(NC(=O)Nc1ccc(F)cc1OCC1CC1)C1CC1. The average molecular weight is 322 g/mol. The summed E-state index contributed by atoms with van der Waals surface area (Å²) in [7, 11) is 0. The first kappa shape index (κ1) is 16.1. The van der Waals surface area contributed by atoms with Gasteiger partial charge in [0.2, 0.25) is 0 Å². The lowest BCUT2D eigenvalue weighted by atomic mass is 9.97. The number of ether oxygens (including phenoxy) is 1. The van der Waals surface area contributed by atoms with Crippen LogP contribution in [0.4, 0.5) is 14.9 Å². The summed E-state index contributed by atoms with van der Waals surface area (Å²) in [5, 5.41) is 15.1. The Hall–Kier alpha value is -1.82. The number of amides is 2. The van der Waals surface area contributed by atoms with Gasteiger partial charge in [0.25, 0.3) is 0 Å². The van der Waals surface area contributed by atoms with Crippen molar-refractivity contribution in [3.63, 3.8) is 0 Å². The summed E-state index contributed by atoms with van der Waals surface area (Å²) in [6.45, 7) is 2.26. The highest BCUT2D eigenvalue weighted by Crippen LogP contribution is 2.39. The quantitative estimate of drug-likeness (QED) is 0.723. The van der Waals surface area contributed by atoms with Crippen molar-refractivity contribution in [2.45, 2.75) is 38.1 Å². The van der Waals surface area contributed by atoms with Gasteiger partial charge in [0.05, 0.1) is 24.4 Å². The molecule has 2 fully saturated rings. The van der Waals surface area contributed by atoms with E-state index in [-0.39, 0.29) is 6.61 Å². The molecule has 5 nitrogen and oxygen atoms in total. The van der Waals surface area contributed by atoms with Crippen molar-refractivity contribution in [1.29, 1.82) is 0 Å². The predicted molar refractivity (Wildman–Crippen MR) is 85.0 cm³/mol. The van der Waals surface area contributed by atoms with Crippen molar-refractivity contribution in [2.24, 2.45) is 11.8 Å². The molecule has 23 heavy (non-hydrogen) atoms. The Labute approximate surface area is 135 Å². The number of benzene rings is 1. The van der Waals surface area contributed by atoms with Crippen molar-refractivity contribution < 1.29 is 19.0 Å². The molecule has 1 aromatic carbocycles. The molecule has 3 N–H and O–H groups in total. The first-order valence-corrected chi connectivity index (χ1v) is 8.12. The Morgan fingerprint density at radius 3 is 2.74 bits per heavy atom. The van der Waals surface area contributed by atoms with Crippen molar-refractivity contribution in [1.82, 2.24) is 5.32 Å². The summed E-state index contributed by atoms with van der Waals surface area (Å²) in [6, 6.07) is 3.64. The molecule has 2 amide bonds.